The van der Waals surface area contributed by atoms with Crippen molar-refractivity contribution in [1.29, 1.82) is 0 Å². The summed E-state index contributed by atoms with van der Waals surface area (Å²) in [4.78, 5) is 34.5. The molecule has 1 unspecified atom stereocenters. The summed E-state index contributed by atoms with van der Waals surface area (Å²) in [6.07, 6.45) is 3.54. The molecular formula is C28H28N6O2. The Morgan fingerprint density at radius 2 is 1.81 bits per heavy atom. The van der Waals surface area contributed by atoms with Crippen LogP contribution in [0.15, 0.2) is 76.6 Å². The number of hydrogen-bond acceptors (Lipinski definition) is 6. The Bertz CT molecular complexity index is 1410. The Morgan fingerprint density at radius 3 is 2.56 bits per heavy atom. The van der Waals surface area contributed by atoms with Crippen LogP contribution in [0.4, 0.5) is 0 Å². The molecule has 1 saturated carbocycles. The Kier molecular flexibility index (Phi) is 5.60. The minimum atomic E-state index is -0.600. The van der Waals surface area contributed by atoms with E-state index >= 15 is 0 Å². The van der Waals surface area contributed by atoms with Crippen molar-refractivity contribution in [2.24, 2.45) is 21.9 Å². The number of azo groups is 1. The maximum Gasteiger partial charge on any atom is 0.275 e. The lowest BCUT2D eigenvalue weighted by molar-refractivity contribution is -0.131. The lowest BCUT2D eigenvalue weighted by atomic mass is 10.0. The number of piperazine rings is 1. The molecule has 2 aromatic carbocycles. The first kappa shape index (κ1) is 22.5. The average Bonchev–Trinajstić information content (AvgIpc) is 3.64. The van der Waals surface area contributed by atoms with E-state index in [4.69, 9.17) is 10.7 Å². The molecule has 0 spiro atoms. The highest BCUT2D eigenvalue weighted by Gasteiger charge is 2.37. The van der Waals surface area contributed by atoms with Gasteiger partial charge in [0.15, 0.2) is 0 Å². The van der Waals surface area contributed by atoms with Crippen LogP contribution in [0.5, 0.6) is 0 Å². The molecule has 2 atom stereocenters. The van der Waals surface area contributed by atoms with Gasteiger partial charge in [0.1, 0.15) is 5.70 Å². The second-order valence-corrected chi connectivity index (χ2v) is 9.83. The summed E-state index contributed by atoms with van der Waals surface area (Å²) in [5.74, 6) is 0.198. The van der Waals surface area contributed by atoms with E-state index in [1.807, 2.05) is 54.6 Å². The van der Waals surface area contributed by atoms with Gasteiger partial charge in [-0.15, -0.1) is 5.11 Å². The minimum absolute atomic E-state index is 0.0237. The van der Waals surface area contributed by atoms with Gasteiger partial charge in [0.05, 0.1) is 30.0 Å². The van der Waals surface area contributed by atoms with E-state index in [0.29, 0.717) is 30.3 Å². The number of aryl methyl sites for hydroxylation is 1. The number of amides is 2. The Labute approximate surface area is 209 Å². The predicted molar refractivity (Wildman–Crippen MR) is 137 cm³/mol. The SMILES string of the molecule is Cc1cc(-c2ccccc2)nc2cc(C(=O)N3CCN(C(=O)C4=CC(C5CC5)N=N4)[C@H](N)C3)ccc12. The standard InChI is InChI=1S/C28H28N6O2/c1-17-13-22(18-5-3-2-4-6-18)30-24-14-20(9-10-21(17)24)27(35)33-11-12-34(26(29)16-33)28(36)25-15-23(31-32-25)19-7-8-19/h2-6,9-10,13-15,19,23,26H,7-8,11-12,16,29H2,1H3/t23?,26-/m0/s1. The quantitative estimate of drug-likeness (QED) is 0.611. The van der Waals surface area contributed by atoms with Gasteiger partial charge >= 0.3 is 0 Å². The zero-order valence-electron chi connectivity index (χ0n) is 20.2. The van der Waals surface area contributed by atoms with E-state index in [2.05, 4.69) is 23.2 Å². The molecule has 1 saturated heterocycles. The highest BCUT2D eigenvalue weighted by molar-refractivity contribution is 5.99. The number of hydrogen-bond donors (Lipinski definition) is 1. The van der Waals surface area contributed by atoms with E-state index in [0.717, 1.165) is 40.6 Å². The summed E-state index contributed by atoms with van der Waals surface area (Å²) in [6, 6.07) is 17.7. The van der Waals surface area contributed by atoms with E-state index in [1.165, 1.54) is 0 Å². The zero-order chi connectivity index (χ0) is 24.8. The first-order chi connectivity index (χ1) is 17.5. The van der Waals surface area contributed by atoms with Crippen LogP contribution in [0, 0.1) is 12.8 Å². The first-order valence-electron chi connectivity index (χ1n) is 12.4. The van der Waals surface area contributed by atoms with Crippen LogP contribution in [0.2, 0.25) is 0 Å². The molecule has 1 aliphatic carbocycles. The normalized spacial score (nSPS) is 21.7. The third-order valence-electron chi connectivity index (χ3n) is 7.25. The highest BCUT2D eigenvalue weighted by atomic mass is 16.2. The molecule has 8 nitrogen and oxygen atoms in total. The fourth-order valence-corrected chi connectivity index (χ4v) is 5.01. The van der Waals surface area contributed by atoms with Gasteiger partial charge in [-0.1, -0.05) is 36.4 Å². The molecule has 6 rings (SSSR count). The van der Waals surface area contributed by atoms with Crippen molar-refractivity contribution < 1.29 is 9.59 Å². The van der Waals surface area contributed by atoms with E-state index < -0.39 is 6.17 Å². The molecular weight excluding hydrogens is 452 g/mol. The number of rotatable bonds is 4. The van der Waals surface area contributed by atoms with Gasteiger partial charge in [0.2, 0.25) is 0 Å². The van der Waals surface area contributed by atoms with Crippen molar-refractivity contribution in [3.05, 3.63) is 77.5 Å². The molecule has 2 amide bonds. The van der Waals surface area contributed by atoms with Gasteiger partial charge in [0, 0.05) is 29.6 Å². The maximum atomic E-state index is 13.4. The molecule has 3 aromatic rings. The van der Waals surface area contributed by atoms with Crippen molar-refractivity contribution >= 4 is 22.7 Å². The summed E-state index contributed by atoms with van der Waals surface area (Å²) in [5, 5.41) is 9.36. The van der Waals surface area contributed by atoms with Crippen LogP contribution in [0.3, 0.4) is 0 Å². The second kappa shape index (κ2) is 8.95. The van der Waals surface area contributed by atoms with E-state index in [-0.39, 0.29) is 24.4 Å². The summed E-state index contributed by atoms with van der Waals surface area (Å²) in [5.41, 5.74) is 11.1. The molecule has 2 N–H and O–H groups in total. The van der Waals surface area contributed by atoms with Crippen LogP contribution in [-0.2, 0) is 4.79 Å². The van der Waals surface area contributed by atoms with Crippen molar-refractivity contribution in [3.63, 3.8) is 0 Å². The van der Waals surface area contributed by atoms with Crippen LogP contribution in [0.25, 0.3) is 22.2 Å². The molecule has 36 heavy (non-hydrogen) atoms. The molecule has 8 heteroatoms. The Morgan fingerprint density at radius 1 is 1.00 bits per heavy atom. The number of carbonyl (C=O) groups excluding carboxylic acids is 2. The number of carbonyl (C=O) groups is 2. The lowest BCUT2D eigenvalue weighted by Crippen LogP contribution is -2.60. The fraction of sp³-hybridized carbons (Fsp3) is 0.321. The lowest BCUT2D eigenvalue weighted by Gasteiger charge is -2.39. The van der Waals surface area contributed by atoms with Gasteiger partial charge in [-0.3, -0.25) is 9.59 Å². The monoisotopic (exact) mass is 480 g/mol. The second-order valence-electron chi connectivity index (χ2n) is 9.83. The molecule has 0 bridgehead atoms. The molecule has 1 aromatic heterocycles. The largest absolute Gasteiger partial charge is 0.333 e. The Balaban J connectivity index is 1.18. The maximum absolute atomic E-state index is 13.4. The number of pyridine rings is 1. The van der Waals surface area contributed by atoms with Gasteiger partial charge in [-0.2, -0.15) is 5.11 Å². The van der Waals surface area contributed by atoms with E-state index in [1.54, 1.807) is 9.80 Å². The number of aromatic nitrogens is 1. The third kappa shape index (κ3) is 4.18. The summed E-state index contributed by atoms with van der Waals surface area (Å²) >= 11 is 0. The highest BCUT2D eigenvalue weighted by Crippen LogP contribution is 2.38. The molecule has 2 fully saturated rings. The van der Waals surface area contributed by atoms with Crippen LogP contribution < -0.4 is 5.73 Å². The predicted octanol–water partition coefficient (Wildman–Crippen LogP) is 3.91. The molecule has 182 valence electrons. The van der Waals surface area contributed by atoms with Crippen LogP contribution in [0.1, 0.15) is 28.8 Å². The van der Waals surface area contributed by atoms with Crippen LogP contribution in [-0.4, -0.2) is 58.4 Å². The summed E-state index contributed by atoms with van der Waals surface area (Å²) < 4.78 is 0. The average molecular weight is 481 g/mol. The molecule has 2 aliphatic heterocycles. The van der Waals surface area contributed by atoms with Gasteiger partial charge in [0.25, 0.3) is 11.8 Å². The van der Waals surface area contributed by atoms with Gasteiger partial charge in [-0.25, -0.2) is 4.98 Å². The van der Waals surface area contributed by atoms with E-state index in [9.17, 15) is 9.59 Å². The van der Waals surface area contributed by atoms with Gasteiger partial charge in [-0.05, 0) is 55.5 Å². The molecule has 0 radical (unpaired) electrons. The topological polar surface area (TPSA) is 104 Å². The zero-order valence-corrected chi connectivity index (χ0v) is 20.2. The van der Waals surface area contributed by atoms with Crippen molar-refractivity contribution in [2.75, 3.05) is 19.6 Å². The number of fused-ring (bicyclic) bond motifs is 1. The number of nitrogens with two attached hydrogens (primary N) is 1. The van der Waals surface area contributed by atoms with Gasteiger partial charge < -0.3 is 15.5 Å². The van der Waals surface area contributed by atoms with Crippen molar-refractivity contribution in [3.8, 4) is 11.3 Å². The first-order valence-corrected chi connectivity index (χ1v) is 12.4. The van der Waals surface area contributed by atoms with Crippen LogP contribution >= 0.6 is 0 Å². The Hall–Kier alpha value is -3.91. The van der Waals surface area contributed by atoms with Crippen molar-refractivity contribution in [2.45, 2.75) is 32.0 Å². The number of nitrogens with zero attached hydrogens (tertiary/aromatic N) is 5. The summed E-state index contributed by atoms with van der Waals surface area (Å²) in [6.45, 7) is 3.08. The number of benzene rings is 2. The molecule has 3 aliphatic rings. The summed E-state index contributed by atoms with van der Waals surface area (Å²) in [7, 11) is 0. The molecule has 3 heterocycles. The fourth-order valence-electron chi connectivity index (χ4n) is 5.01. The minimum Gasteiger partial charge on any atom is -0.333 e. The smallest absolute Gasteiger partial charge is 0.275 e. The van der Waals surface area contributed by atoms with Crippen molar-refractivity contribution in [1.82, 2.24) is 14.8 Å². The third-order valence-corrected chi connectivity index (χ3v) is 7.25.